The van der Waals surface area contributed by atoms with Crippen molar-refractivity contribution in [1.82, 2.24) is 0 Å². The van der Waals surface area contributed by atoms with Gasteiger partial charge in [0.25, 0.3) is 0 Å². The van der Waals surface area contributed by atoms with Crippen LogP contribution < -0.4 is 0 Å². The van der Waals surface area contributed by atoms with Crippen LogP contribution in [-0.2, 0) is 14.2 Å². The van der Waals surface area contributed by atoms with E-state index >= 15 is 0 Å². The third-order valence-corrected chi connectivity index (χ3v) is 2.34. The molecule has 13 heavy (non-hydrogen) atoms. The summed E-state index contributed by atoms with van der Waals surface area (Å²) < 4.78 is 15.4. The highest BCUT2D eigenvalue weighted by Gasteiger charge is 2.38. The molecule has 0 spiro atoms. The SMILES string of the molecule is COCOCC1(CO)COC(C)C1. The summed E-state index contributed by atoms with van der Waals surface area (Å²) in [6.45, 7) is 3.47. The number of hydrogen-bond donors (Lipinski definition) is 1. The monoisotopic (exact) mass is 190 g/mol. The van der Waals surface area contributed by atoms with Gasteiger partial charge in [-0.15, -0.1) is 0 Å². The van der Waals surface area contributed by atoms with Gasteiger partial charge in [0, 0.05) is 12.5 Å². The molecule has 4 heteroatoms. The third kappa shape index (κ3) is 2.91. The van der Waals surface area contributed by atoms with Crippen LogP contribution in [0.15, 0.2) is 0 Å². The Labute approximate surface area is 78.8 Å². The summed E-state index contributed by atoms with van der Waals surface area (Å²) in [7, 11) is 1.58. The Kier molecular flexibility index (Phi) is 4.12. The molecule has 0 aromatic carbocycles. The van der Waals surface area contributed by atoms with E-state index in [0.717, 1.165) is 6.42 Å². The molecule has 78 valence electrons. The van der Waals surface area contributed by atoms with Crippen molar-refractivity contribution in [3.63, 3.8) is 0 Å². The van der Waals surface area contributed by atoms with Crippen LogP contribution in [0.3, 0.4) is 0 Å². The minimum Gasteiger partial charge on any atom is -0.396 e. The van der Waals surface area contributed by atoms with Gasteiger partial charge < -0.3 is 19.3 Å². The molecule has 0 amide bonds. The third-order valence-electron chi connectivity index (χ3n) is 2.34. The lowest BCUT2D eigenvalue weighted by Gasteiger charge is -2.24. The molecule has 1 rings (SSSR count). The molecule has 2 atom stereocenters. The Morgan fingerprint density at radius 1 is 1.62 bits per heavy atom. The molecule has 0 aromatic rings. The van der Waals surface area contributed by atoms with Gasteiger partial charge in [0.2, 0.25) is 0 Å². The molecule has 0 bridgehead atoms. The highest BCUT2D eigenvalue weighted by Crippen LogP contribution is 2.32. The van der Waals surface area contributed by atoms with E-state index in [1.54, 1.807) is 7.11 Å². The van der Waals surface area contributed by atoms with E-state index < -0.39 is 0 Å². The lowest BCUT2D eigenvalue weighted by atomic mass is 9.88. The number of hydrogen-bond acceptors (Lipinski definition) is 4. The van der Waals surface area contributed by atoms with Crippen molar-refractivity contribution in [2.75, 3.05) is 33.7 Å². The largest absolute Gasteiger partial charge is 0.396 e. The van der Waals surface area contributed by atoms with E-state index in [2.05, 4.69) is 0 Å². The maximum absolute atomic E-state index is 9.23. The van der Waals surface area contributed by atoms with Crippen LogP contribution in [0.5, 0.6) is 0 Å². The first-order valence-corrected chi connectivity index (χ1v) is 4.51. The summed E-state index contributed by atoms with van der Waals surface area (Å²) in [6.07, 6.45) is 1.08. The topological polar surface area (TPSA) is 47.9 Å². The van der Waals surface area contributed by atoms with Gasteiger partial charge in [0.15, 0.2) is 0 Å². The molecule has 1 aliphatic heterocycles. The first-order chi connectivity index (χ1) is 6.22. The lowest BCUT2D eigenvalue weighted by molar-refractivity contribution is -0.0772. The smallest absolute Gasteiger partial charge is 0.146 e. The number of methoxy groups -OCH3 is 1. The molecule has 0 aromatic heterocycles. The average Bonchev–Trinajstić information content (AvgIpc) is 2.49. The van der Waals surface area contributed by atoms with E-state index in [0.29, 0.717) is 13.2 Å². The van der Waals surface area contributed by atoms with Crippen molar-refractivity contribution in [1.29, 1.82) is 0 Å². The Bertz CT molecular complexity index is 151. The van der Waals surface area contributed by atoms with Crippen LogP contribution in [0.25, 0.3) is 0 Å². The molecule has 2 unspecified atom stereocenters. The van der Waals surface area contributed by atoms with Gasteiger partial charge in [-0.2, -0.15) is 0 Å². The number of rotatable bonds is 5. The number of aliphatic hydroxyl groups is 1. The summed E-state index contributed by atoms with van der Waals surface area (Å²) >= 11 is 0. The predicted octanol–water partition coefficient (Wildman–Crippen LogP) is 0.394. The molecule has 4 nitrogen and oxygen atoms in total. The average molecular weight is 190 g/mol. The fraction of sp³-hybridized carbons (Fsp3) is 1.00. The second-order valence-electron chi connectivity index (χ2n) is 3.74. The van der Waals surface area contributed by atoms with Gasteiger partial charge in [-0.3, -0.25) is 0 Å². The highest BCUT2D eigenvalue weighted by molar-refractivity contribution is 4.85. The molecule has 1 saturated heterocycles. The highest BCUT2D eigenvalue weighted by atomic mass is 16.7. The maximum Gasteiger partial charge on any atom is 0.146 e. The standard InChI is InChI=1S/C9H18O4/c1-8-3-9(4-10,6-13-8)5-12-7-11-2/h8,10H,3-7H2,1-2H3. The van der Waals surface area contributed by atoms with E-state index in [1.807, 2.05) is 6.92 Å². The second-order valence-corrected chi connectivity index (χ2v) is 3.74. The summed E-state index contributed by atoms with van der Waals surface area (Å²) in [5.74, 6) is 0. The summed E-state index contributed by atoms with van der Waals surface area (Å²) in [5.41, 5.74) is -0.210. The summed E-state index contributed by atoms with van der Waals surface area (Å²) in [4.78, 5) is 0. The number of ether oxygens (including phenoxy) is 3. The van der Waals surface area contributed by atoms with Gasteiger partial charge in [-0.25, -0.2) is 0 Å². The van der Waals surface area contributed by atoms with Crippen molar-refractivity contribution >= 4 is 0 Å². The first kappa shape index (κ1) is 10.9. The van der Waals surface area contributed by atoms with Crippen LogP contribution in [0.4, 0.5) is 0 Å². The zero-order valence-electron chi connectivity index (χ0n) is 8.28. The van der Waals surface area contributed by atoms with Gasteiger partial charge >= 0.3 is 0 Å². The molecular formula is C9H18O4. The fourth-order valence-corrected chi connectivity index (χ4v) is 1.64. The Hall–Kier alpha value is -0.160. The minimum absolute atomic E-state index is 0.112. The molecule has 0 aliphatic carbocycles. The Morgan fingerprint density at radius 2 is 2.38 bits per heavy atom. The van der Waals surface area contributed by atoms with Crippen molar-refractivity contribution in [3.8, 4) is 0 Å². The van der Waals surface area contributed by atoms with Crippen LogP contribution >= 0.6 is 0 Å². The lowest BCUT2D eigenvalue weighted by Crippen LogP contribution is -2.32. The van der Waals surface area contributed by atoms with Gasteiger partial charge in [-0.05, 0) is 13.3 Å². The van der Waals surface area contributed by atoms with E-state index in [9.17, 15) is 5.11 Å². The quantitative estimate of drug-likeness (QED) is 0.503. The molecule has 1 aliphatic rings. The summed E-state index contributed by atoms with van der Waals surface area (Å²) in [5, 5.41) is 9.23. The van der Waals surface area contributed by atoms with Gasteiger partial charge in [0.05, 0.1) is 25.9 Å². The molecule has 1 heterocycles. The van der Waals surface area contributed by atoms with Crippen molar-refractivity contribution in [3.05, 3.63) is 0 Å². The Morgan fingerprint density at radius 3 is 2.85 bits per heavy atom. The van der Waals surface area contributed by atoms with E-state index in [-0.39, 0.29) is 24.9 Å². The van der Waals surface area contributed by atoms with Crippen LogP contribution in [-0.4, -0.2) is 44.9 Å². The van der Waals surface area contributed by atoms with Crippen molar-refractivity contribution in [2.24, 2.45) is 5.41 Å². The fourth-order valence-electron chi connectivity index (χ4n) is 1.64. The van der Waals surface area contributed by atoms with Crippen LogP contribution in [0.2, 0.25) is 0 Å². The molecule has 0 saturated carbocycles. The maximum atomic E-state index is 9.23. The van der Waals surface area contributed by atoms with Crippen LogP contribution in [0, 0.1) is 5.41 Å². The zero-order valence-corrected chi connectivity index (χ0v) is 8.28. The predicted molar refractivity (Wildman–Crippen MR) is 47.4 cm³/mol. The zero-order chi connectivity index (χ0) is 9.73. The van der Waals surface area contributed by atoms with E-state index in [1.165, 1.54) is 0 Å². The van der Waals surface area contributed by atoms with Crippen molar-refractivity contribution in [2.45, 2.75) is 19.4 Å². The molecular weight excluding hydrogens is 172 g/mol. The van der Waals surface area contributed by atoms with Crippen molar-refractivity contribution < 1.29 is 19.3 Å². The van der Waals surface area contributed by atoms with Gasteiger partial charge in [0.1, 0.15) is 6.79 Å². The van der Waals surface area contributed by atoms with Crippen LogP contribution in [0.1, 0.15) is 13.3 Å². The van der Waals surface area contributed by atoms with E-state index in [4.69, 9.17) is 14.2 Å². The second kappa shape index (κ2) is 4.91. The summed E-state index contributed by atoms with van der Waals surface area (Å²) in [6, 6.07) is 0. The first-order valence-electron chi connectivity index (χ1n) is 4.51. The Balaban J connectivity index is 2.32. The normalized spacial score (nSPS) is 33.9. The molecule has 0 radical (unpaired) electrons. The molecule has 1 N–H and O–H groups in total. The number of aliphatic hydroxyl groups excluding tert-OH is 1. The van der Waals surface area contributed by atoms with Gasteiger partial charge in [-0.1, -0.05) is 0 Å². The molecule has 1 fully saturated rings. The minimum atomic E-state index is -0.210.